The second kappa shape index (κ2) is 7.19. The molecule has 1 nitrogen and oxygen atoms in total. The van der Waals surface area contributed by atoms with Crippen molar-refractivity contribution in [3.8, 4) is 0 Å². The number of hydrogen-bond donors (Lipinski definition) is 0. The third-order valence-corrected chi connectivity index (χ3v) is 3.99. The Kier molecular flexibility index (Phi) is 6.22. The molecule has 1 atom stereocenters. The summed E-state index contributed by atoms with van der Waals surface area (Å²) < 4.78 is 27.9. The molecule has 0 N–H and O–H groups in total. The second-order valence-corrected chi connectivity index (χ2v) is 5.35. The van der Waals surface area contributed by atoms with E-state index in [0.29, 0.717) is 5.56 Å². The molecule has 0 radical (unpaired) electrons. The van der Waals surface area contributed by atoms with Gasteiger partial charge in [-0.1, -0.05) is 6.92 Å². The van der Waals surface area contributed by atoms with Gasteiger partial charge >= 0.3 is 0 Å². The van der Waals surface area contributed by atoms with Crippen molar-refractivity contribution in [2.75, 3.05) is 24.0 Å². The summed E-state index contributed by atoms with van der Waals surface area (Å²) in [5.41, 5.74) is 0.492. The van der Waals surface area contributed by atoms with Gasteiger partial charge in [0.25, 0.3) is 0 Å². The Morgan fingerprint density at radius 1 is 1.33 bits per heavy atom. The van der Waals surface area contributed by atoms with E-state index in [1.54, 1.807) is 23.7 Å². The normalized spacial score (nSPS) is 12.6. The highest BCUT2D eigenvalue weighted by Gasteiger charge is 2.20. The van der Waals surface area contributed by atoms with E-state index in [1.807, 2.05) is 13.2 Å². The van der Waals surface area contributed by atoms with Gasteiger partial charge in [-0.15, -0.1) is 11.6 Å². The SMILES string of the molecule is CCC(CSC)N(C)c1c(F)cc(CCl)cc1F. The lowest BCUT2D eigenvalue weighted by Crippen LogP contribution is -2.34. The van der Waals surface area contributed by atoms with E-state index in [-0.39, 0.29) is 17.6 Å². The maximum atomic E-state index is 13.9. The Bertz CT molecular complexity index is 378. The molecule has 0 aliphatic carbocycles. The molecule has 5 heteroatoms. The standard InChI is InChI=1S/C13H18ClF2NS/c1-4-10(8-18-3)17(2)13-11(15)5-9(7-14)6-12(13)16/h5-6,10H,4,7-8H2,1-3H3. The summed E-state index contributed by atoms with van der Waals surface area (Å²) in [5.74, 6) is -0.149. The molecule has 0 aliphatic heterocycles. The summed E-state index contributed by atoms with van der Waals surface area (Å²) in [7, 11) is 1.73. The molecule has 0 bridgehead atoms. The molecule has 0 spiro atoms. The fourth-order valence-corrected chi connectivity index (χ4v) is 2.91. The predicted octanol–water partition coefficient (Wildman–Crippen LogP) is 4.28. The topological polar surface area (TPSA) is 3.24 Å². The molecule has 0 amide bonds. The Hall–Kier alpha value is -0.480. The zero-order chi connectivity index (χ0) is 13.7. The molecule has 102 valence electrons. The van der Waals surface area contributed by atoms with Crippen LogP contribution in [0, 0.1) is 11.6 Å². The van der Waals surface area contributed by atoms with Crippen LogP contribution in [0.1, 0.15) is 18.9 Å². The molecule has 0 saturated carbocycles. The first kappa shape index (κ1) is 15.6. The van der Waals surface area contributed by atoms with E-state index in [1.165, 1.54) is 12.1 Å². The molecule has 0 saturated heterocycles. The van der Waals surface area contributed by atoms with Gasteiger partial charge in [-0.3, -0.25) is 0 Å². The van der Waals surface area contributed by atoms with E-state index in [9.17, 15) is 8.78 Å². The number of alkyl halides is 1. The molecule has 0 fully saturated rings. The van der Waals surface area contributed by atoms with Crippen LogP contribution in [0.4, 0.5) is 14.5 Å². The number of halogens is 3. The Morgan fingerprint density at radius 3 is 2.28 bits per heavy atom. The van der Waals surface area contributed by atoms with Crippen molar-refractivity contribution in [1.29, 1.82) is 0 Å². The van der Waals surface area contributed by atoms with Crippen LogP contribution in [0.25, 0.3) is 0 Å². The van der Waals surface area contributed by atoms with Crippen molar-refractivity contribution < 1.29 is 8.78 Å². The zero-order valence-electron chi connectivity index (χ0n) is 10.8. The molecule has 1 rings (SSSR count). The van der Waals surface area contributed by atoms with Gasteiger partial charge < -0.3 is 4.90 Å². The van der Waals surface area contributed by atoms with Crippen LogP contribution in [0.3, 0.4) is 0 Å². The lowest BCUT2D eigenvalue weighted by molar-refractivity contribution is 0.557. The minimum atomic E-state index is -0.548. The minimum Gasteiger partial charge on any atom is -0.366 e. The van der Waals surface area contributed by atoms with Gasteiger partial charge in [-0.25, -0.2) is 8.78 Å². The van der Waals surface area contributed by atoms with Crippen LogP contribution < -0.4 is 4.90 Å². The van der Waals surface area contributed by atoms with E-state index in [4.69, 9.17) is 11.6 Å². The average Bonchev–Trinajstić information content (AvgIpc) is 2.34. The molecule has 1 aromatic rings. The molecular weight excluding hydrogens is 276 g/mol. The maximum Gasteiger partial charge on any atom is 0.149 e. The predicted molar refractivity (Wildman–Crippen MR) is 76.8 cm³/mol. The average molecular weight is 294 g/mol. The number of thioether (sulfide) groups is 1. The second-order valence-electron chi connectivity index (χ2n) is 4.17. The van der Waals surface area contributed by atoms with Gasteiger partial charge in [0.2, 0.25) is 0 Å². The molecule has 0 heterocycles. The molecular formula is C13H18ClF2NS. The summed E-state index contributed by atoms with van der Waals surface area (Å²) in [5, 5.41) is 0. The first-order valence-corrected chi connectivity index (χ1v) is 7.73. The van der Waals surface area contributed by atoms with E-state index >= 15 is 0 Å². The van der Waals surface area contributed by atoms with Gasteiger partial charge in [-0.05, 0) is 30.4 Å². The molecule has 1 unspecified atom stereocenters. The first-order valence-electron chi connectivity index (χ1n) is 5.80. The Morgan fingerprint density at radius 2 is 1.89 bits per heavy atom. The van der Waals surface area contributed by atoms with E-state index in [2.05, 4.69) is 0 Å². The molecule has 0 aromatic heterocycles. The number of nitrogens with zero attached hydrogens (tertiary/aromatic N) is 1. The minimum absolute atomic E-state index is 0.0322. The van der Waals surface area contributed by atoms with Crippen molar-refractivity contribution >= 4 is 29.1 Å². The smallest absolute Gasteiger partial charge is 0.149 e. The monoisotopic (exact) mass is 293 g/mol. The third-order valence-electron chi connectivity index (χ3n) is 2.96. The van der Waals surface area contributed by atoms with Crippen LogP contribution >= 0.6 is 23.4 Å². The summed E-state index contributed by atoms with van der Waals surface area (Å²) in [6, 6.07) is 2.72. The van der Waals surface area contributed by atoms with E-state index in [0.717, 1.165) is 12.2 Å². The summed E-state index contributed by atoms with van der Waals surface area (Å²) in [4.78, 5) is 1.68. The molecule has 18 heavy (non-hydrogen) atoms. The lowest BCUT2D eigenvalue weighted by atomic mass is 10.1. The summed E-state index contributed by atoms with van der Waals surface area (Å²) in [6.45, 7) is 2.01. The van der Waals surface area contributed by atoms with Gasteiger partial charge in [-0.2, -0.15) is 11.8 Å². The maximum absolute atomic E-state index is 13.9. The Balaban J connectivity index is 3.08. The molecule has 0 aliphatic rings. The van der Waals surface area contributed by atoms with Gasteiger partial charge in [0.15, 0.2) is 0 Å². The number of hydrogen-bond acceptors (Lipinski definition) is 2. The Labute approximate surface area is 117 Å². The zero-order valence-corrected chi connectivity index (χ0v) is 12.4. The highest BCUT2D eigenvalue weighted by molar-refractivity contribution is 7.98. The number of rotatable bonds is 6. The van der Waals surface area contributed by atoms with Crippen LogP contribution in [0.5, 0.6) is 0 Å². The highest BCUT2D eigenvalue weighted by Crippen LogP contribution is 2.27. The summed E-state index contributed by atoms with van der Waals surface area (Å²) in [6.07, 6.45) is 2.83. The van der Waals surface area contributed by atoms with Gasteiger partial charge in [0, 0.05) is 24.7 Å². The highest BCUT2D eigenvalue weighted by atomic mass is 35.5. The fourth-order valence-electron chi connectivity index (χ4n) is 1.91. The quantitative estimate of drug-likeness (QED) is 0.720. The van der Waals surface area contributed by atoms with Crippen molar-refractivity contribution in [1.82, 2.24) is 0 Å². The van der Waals surface area contributed by atoms with Crippen molar-refractivity contribution in [2.24, 2.45) is 0 Å². The fraction of sp³-hybridized carbons (Fsp3) is 0.538. The van der Waals surface area contributed by atoms with Crippen LogP contribution in [0.2, 0.25) is 0 Å². The van der Waals surface area contributed by atoms with Gasteiger partial charge in [0.05, 0.1) is 0 Å². The lowest BCUT2D eigenvalue weighted by Gasteiger charge is -2.29. The molecule has 1 aromatic carbocycles. The first-order chi connectivity index (χ1) is 8.54. The number of benzene rings is 1. The van der Waals surface area contributed by atoms with Crippen molar-refractivity contribution in [3.63, 3.8) is 0 Å². The number of anilines is 1. The van der Waals surface area contributed by atoms with Crippen molar-refractivity contribution in [3.05, 3.63) is 29.3 Å². The van der Waals surface area contributed by atoms with Gasteiger partial charge in [0.1, 0.15) is 17.3 Å². The van der Waals surface area contributed by atoms with Crippen LogP contribution in [-0.4, -0.2) is 25.1 Å². The van der Waals surface area contributed by atoms with Crippen molar-refractivity contribution in [2.45, 2.75) is 25.3 Å². The van der Waals surface area contributed by atoms with Crippen LogP contribution in [-0.2, 0) is 5.88 Å². The summed E-state index contributed by atoms with van der Waals surface area (Å²) >= 11 is 7.26. The van der Waals surface area contributed by atoms with E-state index < -0.39 is 11.6 Å². The van der Waals surface area contributed by atoms with Crippen LogP contribution in [0.15, 0.2) is 12.1 Å². The third kappa shape index (κ3) is 3.51. The largest absolute Gasteiger partial charge is 0.366 e.